The van der Waals surface area contributed by atoms with Crippen LogP contribution < -0.4 is 16.1 Å². The number of hydroxylamine groups is 1. The van der Waals surface area contributed by atoms with Gasteiger partial charge in [-0.15, -0.1) is 0 Å². The SMILES string of the molecule is CCC(=O)C(C)NC(=O)CNC(=O)C(Cc1ccccc1)C(=O)NO. The highest BCUT2D eigenvalue weighted by Crippen LogP contribution is 2.09. The van der Waals surface area contributed by atoms with Gasteiger partial charge in [0.05, 0.1) is 12.6 Å². The maximum atomic E-state index is 12.2. The van der Waals surface area contributed by atoms with Crippen molar-refractivity contribution in [2.45, 2.75) is 32.7 Å². The Bertz CT molecular complexity index is 618. The number of benzene rings is 1. The van der Waals surface area contributed by atoms with Crippen LogP contribution in [0.5, 0.6) is 0 Å². The Morgan fingerprint density at radius 1 is 1.08 bits per heavy atom. The Kier molecular flexibility index (Phi) is 8.28. The molecule has 0 saturated carbocycles. The van der Waals surface area contributed by atoms with Crippen LogP contribution >= 0.6 is 0 Å². The van der Waals surface area contributed by atoms with Gasteiger partial charge in [0.25, 0.3) is 5.91 Å². The van der Waals surface area contributed by atoms with Crippen molar-refractivity contribution in [2.24, 2.45) is 5.92 Å². The molecule has 0 spiro atoms. The van der Waals surface area contributed by atoms with Gasteiger partial charge in [-0.2, -0.15) is 0 Å². The van der Waals surface area contributed by atoms with Crippen molar-refractivity contribution >= 4 is 23.5 Å². The Hall–Kier alpha value is -2.74. The third kappa shape index (κ3) is 6.72. The second-order valence-corrected chi connectivity index (χ2v) is 5.55. The Morgan fingerprint density at radius 3 is 2.28 bits per heavy atom. The highest BCUT2D eigenvalue weighted by atomic mass is 16.5. The minimum absolute atomic E-state index is 0.0748. The van der Waals surface area contributed by atoms with Crippen LogP contribution in [0.1, 0.15) is 25.8 Å². The van der Waals surface area contributed by atoms with E-state index in [0.29, 0.717) is 6.42 Å². The normalized spacial score (nSPS) is 12.6. The predicted octanol–water partition coefficient (Wildman–Crippen LogP) is -0.0493. The van der Waals surface area contributed by atoms with Crippen molar-refractivity contribution < 1.29 is 24.4 Å². The van der Waals surface area contributed by atoms with Crippen molar-refractivity contribution in [1.29, 1.82) is 0 Å². The van der Waals surface area contributed by atoms with Gasteiger partial charge in [0, 0.05) is 6.42 Å². The van der Waals surface area contributed by atoms with E-state index in [-0.39, 0.29) is 18.7 Å². The van der Waals surface area contributed by atoms with Gasteiger partial charge in [0.15, 0.2) is 5.78 Å². The van der Waals surface area contributed by atoms with Crippen LogP contribution in [-0.4, -0.2) is 41.3 Å². The van der Waals surface area contributed by atoms with Crippen molar-refractivity contribution in [3.63, 3.8) is 0 Å². The van der Waals surface area contributed by atoms with E-state index < -0.39 is 29.7 Å². The van der Waals surface area contributed by atoms with E-state index in [4.69, 9.17) is 5.21 Å². The molecule has 1 aromatic carbocycles. The standard InChI is InChI=1S/C17H23N3O5/c1-3-14(21)11(2)19-15(22)10-18-16(23)13(17(24)20-25)9-12-7-5-4-6-8-12/h4-8,11,13,25H,3,9-10H2,1-2H3,(H,18,23)(H,19,22)(H,20,24). The van der Waals surface area contributed by atoms with E-state index in [1.165, 1.54) is 5.48 Å². The molecule has 25 heavy (non-hydrogen) atoms. The van der Waals surface area contributed by atoms with E-state index in [1.54, 1.807) is 44.2 Å². The van der Waals surface area contributed by atoms with Gasteiger partial charge in [-0.3, -0.25) is 24.4 Å². The Labute approximate surface area is 145 Å². The van der Waals surface area contributed by atoms with Crippen molar-refractivity contribution in [1.82, 2.24) is 16.1 Å². The lowest BCUT2D eigenvalue weighted by Gasteiger charge is -2.16. The molecule has 2 unspecified atom stereocenters. The zero-order valence-electron chi connectivity index (χ0n) is 14.2. The number of Topliss-reactive ketones (excluding diaryl/α,β-unsaturated/α-hetero) is 1. The fourth-order valence-electron chi connectivity index (χ4n) is 2.20. The summed E-state index contributed by atoms with van der Waals surface area (Å²) in [5.41, 5.74) is 2.20. The zero-order chi connectivity index (χ0) is 18.8. The van der Waals surface area contributed by atoms with Gasteiger partial charge < -0.3 is 10.6 Å². The summed E-state index contributed by atoms with van der Waals surface area (Å²) in [5, 5.41) is 13.6. The van der Waals surface area contributed by atoms with Crippen LogP contribution in [0.3, 0.4) is 0 Å². The highest BCUT2D eigenvalue weighted by molar-refractivity contribution is 6.01. The summed E-state index contributed by atoms with van der Waals surface area (Å²) in [5.74, 6) is -3.40. The zero-order valence-corrected chi connectivity index (χ0v) is 14.2. The van der Waals surface area contributed by atoms with Crippen molar-refractivity contribution in [2.75, 3.05) is 6.54 Å². The maximum absolute atomic E-state index is 12.2. The molecule has 0 aromatic heterocycles. The summed E-state index contributed by atoms with van der Waals surface area (Å²) in [6.45, 7) is 2.88. The first-order chi connectivity index (χ1) is 11.9. The van der Waals surface area contributed by atoms with Crippen LogP contribution in [0, 0.1) is 5.92 Å². The molecule has 4 N–H and O–H groups in total. The first-order valence-electron chi connectivity index (χ1n) is 7.96. The number of nitrogens with one attached hydrogen (secondary N) is 3. The molecule has 0 aliphatic rings. The van der Waals surface area contributed by atoms with E-state index >= 15 is 0 Å². The molecule has 0 fully saturated rings. The van der Waals surface area contributed by atoms with E-state index in [9.17, 15) is 19.2 Å². The van der Waals surface area contributed by atoms with Crippen LogP contribution in [0.2, 0.25) is 0 Å². The van der Waals surface area contributed by atoms with E-state index in [2.05, 4.69) is 10.6 Å². The molecule has 0 radical (unpaired) electrons. The Balaban J connectivity index is 2.62. The van der Waals surface area contributed by atoms with Gasteiger partial charge in [0.1, 0.15) is 5.92 Å². The molecule has 3 amide bonds. The number of carbonyl (C=O) groups is 4. The van der Waals surface area contributed by atoms with Crippen molar-refractivity contribution in [3.05, 3.63) is 35.9 Å². The monoisotopic (exact) mass is 349 g/mol. The number of hydrogen-bond acceptors (Lipinski definition) is 5. The molecule has 8 nitrogen and oxygen atoms in total. The number of rotatable bonds is 9. The van der Waals surface area contributed by atoms with Crippen LogP contribution in [0.25, 0.3) is 0 Å². The summed E-state index contributed by atoms with van der Waals surface area (Å²) in [7, 11) is 0. The number of ketones is 1. The topological polar surface area (TPSA) is 125 Å². The molecule has 8 heteroatoms. The van der Waals surface area contributed by atoms with Gasteiger partial charge in [0.2, 0.25) is 11.8 Å². The minimum Gasteiger partial charge on any atom is -0.346 e. The van der Waals surface area contributed by atoms with Crippen LogP contribution in [0.15, 0.2) is 30.3 Å². The molecule has 1 aromatic rings. The third-order valence-electron chi connectivity index (χ3n) is 3.66. The molecule has 1 rings (SSSR count). The smallest absolute Gasteiger partial charge is 0.256 e. The summed E-state index contributed by atoms with van der Waals surface area (Å²) < 4.78 is 0. The third-order valence-corrected chi connectivity index (χ3v) is 3.66. The molecule has 0 saturated heterocycles. The molecule has 2 atom stereocenters. The molecule has 0 bridgehead atoms. The predicted molar refractivity (Wildman–Crippen MR) is 89.5 cm³/mol. The maximum Gasteiger partial charge on any atom is 0.256 e. The van der Waals surface area contributed by atoms with Crippen LogP contribution in [0.4, 0.5) is 0 Å². The lowest BCUT2D eigenvalue weighted by molar-refractivity contribution is -0.141. The Morgan fingerprint density at radius 2 is 1.72 bits per heavy atom. The van der Waals surface area contributed by atoms with E-state index in [1.807, 2.05) is 0 Å². The van der Waals surface area contributed by atoms with Gasteiger partial charge in [-0.25, -0.2) is 5.48 Å². The fourth-order valence-corrected chi connectivity index (χ4v) is 2.20. The first-order valence-corrected chi connectivity index (χ1v) is 7.96. The molecule has 0 heterocycles. The summed E-state index contributed by atoms with van der Waals surface area (Å²) in [6.07, 6.45) is 0.370. The number of amides is 3. The lowest BCUT2D eigenvalue weighted by Crippen LogP contribution is -2.47. The first kappa shape index (κ1) is 20.3. The quantitative estimate of drug-likeness (QED) is 0.283. The largest absolute Gasteiger partial charge is 0.346 e. The van der Waals surface area contributed by atoms with Gasteiger partial charge >= 0.3 is 0 Å². The molecule has 0 aliphatic heterocycles. The molecular formula is C17H23N3O5. The van der Waals surface area contributed by atoms with Crippen LogP contribution in [-0.2, 0) is 25.6 Å². The minimum atomic E-state index is -1.19. The number of hydrogen-bond donors (Lipinski definition) is 4. The summed E-state index contributed by atoms with van der Waals surface area (Å²) in [6, 6.07) is 8.18. The van der Waals surface area contributed by atoms with E-state index in [0.717, 1.165) is 5.56 Å². The van der Waals surface area contributed by atoms with Gasteiger partial charge in [-0.1, -0.05) is 37.3 Å². The summed E-state index contributed by atoms with van der Waals surface area (Å²) in [4.78, 5) is 47.2. The average Bonchev–Trinajstić information content (AvgIpc) is 2.63. The number of carbonyl (C=O) groups excluding carboxylic acids is 4. The fraction of sp³-hybridized carbons (Fsp3) is 0.412. The lowest BCUT2D eigenvalue weighted by atomic mass is 9.98. The second-order valence-electron chi connectivity index (χ2n) is 5.55. The molecule has 136 valence electrons. The highest BCUT2D eigenvalue weighted by Gasteiger charge is 2.27. The molecule has 0 aliphatic carbocycles. The van der Waals surface area contributed by atoms with Crippen molar-refractivity contribution in [3.8, 4) is 0 Å². The second kappa shape index (κ2) is 10.2. The van der Waals surface area contributed by atoms with Gasteiger partial charge in [-0.05, 0) is 18.9 Å². The average molecular weight is 349 g/mol. The summed E-state index contributed by atoms with van der Waals surface area (Å²) >= 11 is 0. The molecular weight excluding hydrogens is 326 g/mol.